The van der Waals surface area contributed by atoms with Gasteiger partial charge < -0.3 is 33.7 Å². The van der Waals surface area contributed by atoms with Gasteiger partial charge in [-0.1, -0.05) is 30.3 Å². The Morgan fingerprint density at radius 1 is 0.737 bits per heavy atom. The number of carbonyl (C=O) groups is 2. The lowest BCUT2D eigenvalue weighted by Gasteiger charge is -2.27. The van der Waals surface area contributed by atoms with Gasteiger partial charge in [0, 0.05) is 5.56 Å². The van der Waals surface area contributed by atoms with Crippen LogP contribution in [0.1, 0.15) is 22.7 Å². The molecule has 4 rings (SSSR count). The number of Topliss-reactive ketones (excluding diaryl/α,β-unsaturated/α-hetero) is 1. The predicted molar refractivity (Wildman–Crippen MR) is 140 cm³/mol. The topological polar surface area (TPSA) is 104 Å². The molecule has 1 amide bonds. The van der Waals surface area contributed by atoms with Crippen LogP contribution in [0.2, 0.25) is 0 Å². The van der Waals surface area contributed by atoms with Gasteiger partial charge in [-0.3, -0.25) is 9.59 Å². The first-order valence-corrected chi connectivity index (χ1v) is 11.7. The van der Waals surface area contributed by atoms with Gasteiger partial charge in [-0.05, 0) is 35.9 Å². The van der Waals surface area contributed by atoms with Gasteiger partial charge in [-0.15, -0.1) is 0 Å². The summed E-state index contributed by atoms with van der Waals surface area (Å²) in [5, 5.41) is 11.6. The molecule has 3 aromatic rings. The van der Waals surface area contributed by atoms with Crippen LogP contribution in [0.3, 0.4) is 0 Å². The van der Waals surface area contributed by atoms with Gasteiger partial charge in [-0.25, -0.2) is 0 Å². The van der Waals surface area contributed by atoms with Crippen molar-refractivity contribution in [3.63, 3.8) is 0 Å². The zero-order chi connectivity index (χ0) is 27.4. The molecule has 0 radical (unpaired) electrons. The normalized spacial score (nSPS) is 16.3. The predicted octanol–water partition coefficient (Wildman–Crippen LogP) is 4.35. The number of nitrogens with zero attached hydrogens (tertiary/aromatic N) is 1. The van der Waals surface area contributed by atoms with Gasteiger partial charge in [0.05, 0.1) is 53.7 Å². The number of hydrogen-bond acceptors (Lipinski definition) is 8. The Kier molecular flexibility index (Phi) is 7.76. The average molecular weight is 520 g/mol. The van der Waals surface area contributed by atoms with Crippen LogP contribution in [0.15, 0.2) is 66.2 Å². The highest BCUT2D eigenvalue weighted by Crippen LogP contribution is 2.45. The van der Waals surface area contributed by atoms with E-state index >= 15 is 0 Å². The van der Waals surface area contributed by atoms with Crippen molar-refractivity contribution < 1.29 is 38.4 Å². The quantitative estimate of drug-likeness (QED) is 0.253. The largest absolute Gasteiger partial charge is 0.506 e. The van der Waals surface area contributed by atoms with Crippen LogP contribution in [0.25, 0.3) is 5.76 Å². The van der Waals surface area contributed by atoms with Crippen LogP contribution in [-0.4, -0.2) is 57.2 Å². The van der Waals surface area contributed by atoms with Gasteiger partial charge in [0.15, 0.2) is 11.5 Å². The molecule has 38 heavy (non-hydrogen) atoms. The van der Waals surface area contributed by atoms with Crippen molar-refractivity contribution in [1.29, 1.82) is 0 Å². The van der Waals surface area contributed by atoms with Crippen LogP contribution in [0, 0.1) is 0 Å². The minimum Gasteiger partial charge on any atom is -0.506 e. The Bertz CT molecular complexity index is 1370. The number of rotatable bonds is 9. The van der Waals surface area contributed by atoms with Crippen LogP contribution < -0.4 is 23.7 Å². The number of ketones is 1. The number of hydrogen-bond donors (Lipinski definition) is 1. The SMILES string of the molecule is COc1ccccc1CN1C(=O)C(=O)/C(=C(/O)c2c(OC)cccc2OC)C1c1ccc(OC)c(OC)c1. The van der Waals surface area contributed by atoms with Crippen LogP contribution in [0.5, 0.6) is 28.7 Å². The fourth-order valence-electron chi connectivity index (χ4n) is 4.65. The third-order valence-corrected chi connectivity index (χ3v) is 6.46. The number of carbonyl (C=O) groups excluding carboxylic acids is 2. The third kappa shape index (κ3) is 4.58. The van der Waals surface area contributed by atoms with Gasteiger partial charge in [0.1, 0.15) is 28.6 Å². The lowest BCUT2D eigenvalue weighted by atomic mass is 9.94. The van der Waals surface area contributed by atoms with E-state index in [1.165, 1.54) is 40.4 Å². The second kappa shape index (κ2) is 11.2. The molecule has 0 aromatic heterocycles. The molecule has 0 saturated carbocycles. The second-order valence-electron chi connectivity index (χ2n) is 8.39. The highest BCUT2D eigenvalue weighted by Gasteiger charge is 2.47. The number of amides is 1. The summed E-state index contributed by atoms with van der Waals surface area (Å²) in [5.74, 6) is -0.0252. The van der Waals surface area contributed by atoms with Crippen LogP contribution >= 0.6 is 0 Å². The third-order valence-electron chi connectivity index (χ3n) is 6.46. The molecule has 1 aliphatic heterocycles. The van der Waals surface area contributed by atoms with Crippen molar-refractivity contribution in [3.8, 4) is 28.7 Å². The smallest absolute Gasteiger partial charge is 0.295 e. The summed E-state index contributed by atoms with van der Waals surface area (Å²) in [4.78, 5) is 28.5. The van der Waals surface area contributed by atoms with Crippen molar-refractivity contribution in [1.82, 2.24) is 4.90 Å². The molecule has 9 heteroatoms. The number of ether oxygens (including phenoxy) is 5. The summed E-state index contributed by atoms with van der Waals surface area (Å²) in [6, 6.07) is 16.3. The molecule has 9 nitrogen and oxygen atoms in total. The number of aliphatic hydroxyl groups excluding tert-OH is 1. The molecule has 1 atom stereocenters. The minimum atomic E-state index is -0.964. The van der Waals surface area contributed by atoms with Crippen LogP contribution in [-0.2, 0) is 16.1 Å². The second-order valence-corrected chi connectivity index (χ2v) is 8.39. The summed E-state index contributed by atoms with van der Waals surface area (Å²) < 4.78 is 27.2. The Hall–Kier alpha value is -4.66. The van der Waals surface area contributed by atoms with E-state index in [4.69, 9.17) is 23.7 Å². The highest BCUT2D eigenvalue weighted by molar-refractivity contribution is 6.46. The Morgan fingerprint density at radius 3 is 1.92 bits per heavy atom. The van der Waals surface area contributed by atoms with Crippen molar-refractivity contribution in [2.75, 3.05) is 35.5 Å². The monoisotopic (exact) mass is 519 g/mol. The lowest BCUT2D eigenvalue weighted by molar-refractivity contribution is -0.140. The maximum atomic E-state index is 13.6. The van der Waals surface area contributed by atoms with E-state index in [2.05, 4.69) is 0 Å². The maximum Gasteiger partial charge on any atom is 0.295 e. The van der Waals surface area contributed by atoms with E-state index in [0.717, 1.165) is 0 Å². The number of likely N-dealkylation sites (tertiary alicyclic amines) is 1. The summed E-state index contributed by atoms with van der Waals surface area (Å²) in [6.45, 7) is 0.0490. The number of para-hydroxylation sites is 1. The molecule has 1 N–H and O–H groups in total. The van der Waals surface area contributed by atoms with Crippen molar-refractivity contribution in [3.05, 3.63) is 82.9 Å². The first-order valence-electron chi connectivity index (χ1n) is 11.7. The molecule has 0 aliphatic carbocycles. The zero-order valence-corrected chi connectivity index (χ0v) is 21.8. The molecular weight excluding hydrogens is 490 g/mol. The minimum absolute atomic E-state index is 0.0490. The van der Waals surface area contributed by atoms with E-state index < -0.39 is 23.5 Å². The molecule has 1 saturated heterocycles. The molecule has 198 valence electrons. The van der Waals surface area contributed by atoms with E-state index in [0.29, 0.717) is 28.4 Å². The molecule has 1 fully saturated rings. The maximum absolute atomic E-state index is 13.6. The lowest BCUT2D eigenvalue weighted by Crippen LogP contribution is -2.29. The van der Waals surface area contributed by atoms with Gasteiger partial charge >= 0.3 is 0 Å². The first-order chi connectivity index (χ1) is 18.4. The summed E-state index contributed by atoms with van der Waals surface area (Å²) >= 11 is 0. The Morgan fingerprint density at radius 2 is 1.32 bits per heavy atom. The fourth-order valence-corrected chi connectivity index (χ4v) is 4.65. The molecular formula is C29H29NO8. The first kappa shape index (κ1) is 26.4. The number of benzene rings is 3. The van der Waals surface area contributed by atoms with E-state index in [-0.39, 0.29) is 29.2 Å². The Labute approximate surface area is 220 Å². The summed E-state index contributed by atoms with van der Waals surface area (Å²) in [6.07, 6.45) is 0. The van der Waals surface area contributed by atoms with Gasteiger partial charge in [-0.2, -0.15) is 0 Å². The summed E-state index contributed by atoms with van der Waals surface area (Å²) in [7, 11) is 7.42. The number of aliphatic hydroxyl groups is 1. The van der Waals surface area contributed by atoms with Crippen molar-refractivity contribution in [2.24, 2.45) is 0 Å². The molecule has 3 aromatic carbocycles. The summed E-state index contributed by atoms with van der Waals surface area (Å²) in [5.41, 5.74) is 1.28. The van der Waals surface area contributed by atoms with Gasteiger partial charge in [0.2, 0.25) is 0 Å². The number of methoxy groups -OCH3 is 5. The average Bonchev–Trinajstić information content (AvgIpc) is 3.21. The zero-order valence-electron chi connectivity index (χ0n) is 21.8. The van der Waals surface area contributed by atoms with Gasteiger partial charge in [0.25, 0.3) is 11.7 Å². The van der Waals surface area contributed by atoms with E-state index in [1.54, 1.807) is 42.5 Å². The molecule has 0 bridgehead atoms. The van der Waals surface area contributed by atoms with E-state index in [9.17, 15) is 14.7 Å². The molecule has 0 spiro atoms. The van der Waals surface area contributed by atoms with Crippen LogP contribution in [0.4, 0.5) is 0 Å². The van der Waals surface area contributed by atoms with E-state index in [1.807, 2.05) is 18.2 Å². The Balaban J connectivity index is 1.98. The fraction of sp³-hybridized carbons (Fsp3) is 0.241. The highest BCUT2D eigenvalue weighted by atomic mass is 16.5. The van der Waals surface area contributed by atoms with Crippen molar-refractivity contribution in [2.45, 2.75) is 12.6 Å². The molecule has 1 unspecified atom stereocenters. The molecule has 1 heterocycles. The molecule has 1 aliphatic rings. The van der Waals surface area contributed by atoms with Crippen molar-refractivity contribution >= 4 is 17.4 Å². The standard InChI is InChI=1S/C29H29NO8/c1-34-19-10-7-6-9-18(19)16-30-26(17-13-14-20(35-2)23(15-17)38-5)25(28(32)29(30)33)27(31)24-21(36-3)11-8-12-22(24)37-4/h6-15,26,31H,16H2,1-5H3/b27-25+.